The zero-order valence-corrected chi connectivity index (χ0v) is 22.9. The second-order valence-corrected chi connectivity index (χ2v) is 10.6. The van der Waals surface area contributed by atoms with Crippen LogP contribution >= 0.6 is 11.6 Å². The van der Waals surface area contributed by atoms with E-state index in [4.69, 9.17) is 11.6 Å². The van der Waals surface area contributed by atoms with E-state index in [9.17, 15) is 9.59 Å². The number of anilines is 1. The van der Waals surface area contributed by atoms with Crippen LogP contribution in [0.2, 0.25) is 5.02 Å². The first kappa shape index (κ1) is 26.7. The number of amides is 3. The molecule has 1 aliphatic rings. The first-order chi connectivity index (χ1) is 18.9. The quantitative estimate of drug-likeness (QED) is 0.272. The van der Waals surface area contributed by atoms with Gasteiger partial charge in [-0.3, -0.25) is 9.78 Å². The predicted molar refractivity (Wildman–Crippen MR) is 154 cm³/mol. The summed E-state index contributed by atoms with van der Waals surface area (Å²) < 4.78 is 0. The molecule has 39 heavy (non-hydrogen) atoms. The number of rotatable bonds is 8. The van der Waals surface area contributed by atoms with Crippen molar-refractivity contribution in [2.75, 3.05) is 25.0 Å². The Hall–Kier alpha value is -3.88. The monoisotopic (exact) mass is 545 g/mol. The van der Waals surface area contributed by atoms with Crippen LogP contribution in [-0.2, 0) is 17.8 Å². The predicted octanol–water partition coefficient (Wildman–Crippen LogP) is 3.59. The van der Waals surface area contributed by atoms with Crippen molar-refractivity contribution in [3.63, 3.8) is 0 Å². The number of halogens is 1. The van der Waals surface area contributed by atoms with Crippen molar-refractivity contribution in [2.45, 2.75) is 31.8 Å². The van der Waals surface area contributed by atoms with Gasteiger partial charge in [0, 0.05) is 52.4 Å². The zero-order valence-electron chi connectivity index (χ0n) is 22.2. The molecule has 0 bridgehead atoms. The van der Waals surface area contributed by atoms with Crippen LogP contribution in [0, 0.1) is 5.92 Å². The third-order valence-corrected chi connectivity index (χ3v) is 7.67. The number of hydrogen-bond donors (Lipinski definition) is 4. The molecule has 1 aliphatic heterocycles. The number of carbonyl (C=O) groups excluding carboxylic acids is 2. The van der Waals surface area contributed by atoms with Crippen molar-refractivity contribution in [3.05, 3.63) is 94.9 Å². The number of fused-ring (bicyclic) bond motifs is 2. The Kier molecular flexibility index (Phi) is 8.14. The summed E-state index contributed by atoms with van der Waals surface area (Å²) in [5, 5.41) is 9.69. The Morgan fingerprint density at radius 3 is 2.79 bits per heavy atom. The van der Waals surface area contributed by atoms with Crippen LogP contribution in [0.4, 0.5) is 10.5 Å². The molecule has 4 aromatic rings. The standard InChI is InChI=1S/C30H33ClN6O2/c1-19(25-17-34-26-9-4-3-8-24(25)26)28(36-30(39)35-16-23-7-5-6-12-33-23)29(38)37-18-20(15-32-2)13-21-14-22(31)10-11-27(21)37/h3-12,14,17,19-20,28,32,34H,13,15-16,18H2,1-2H3,(H2,35,36,39)/p+1/t19?,20-,28?/m1/s1. The first-order valence-electron chi connectivity index (χ1n) is 13.3. The van der Waals surface area contributed by atoms with Gasteiger partial charge in [0.1, 0.15) is 6.04 Å². The van der Waals surface area contributed by atoms with Gasteiger partial charge in [0.2, 0.25) is 5.91 Å². The summed E-state index contributed by atoms with van der Waals surface area (Å²) in [7, 11) is 2.04. The summed E-state index contributed by atoms with van der Waals surface area (Å²) in [6.45, 7) is 3.71. The lowest BCUT2D eigenvalue weighted by Crippen LogP contribution is -2.82. The topological polar surface area (TPSA) is 107 Å². The van der Waals surface area contributed by atoms with Gasteiger partial charge in [0.15, 0.2) is 0 Å². The van der Waals surface area contributed by atoms with Crippen molar-refractivity contribution >= 4 is 40.1 Å². The molecule has 2 aromatic heterocycles. The molecule has 2 unspecified atom stereocenters. The van der Waals surface area contributed by atoms with Gasteiger partial charge in [-0.1, -0.05) is 42.8 Å². The van der Waals surface area contributed by atoms with Gasteiger partial charge in [0.25, 0.3) is 0 Å². The third kappa shape index (κ3) is 5.92. The number of quaternary nitrogens is 1. The lowest BCUT2D eigenvalue weighted by Gasteiger charge is -2.37. The molecule has 0 saturated heterocycles. The summed E-state index contributed by atoms with van der Waals surface area (Å²) in [6.07, 6.45) is 4.47. The largest absolute Gasteiger partial charge is 0.361 e. The average Bonchev–Trinajstić information content (AvgIpc) is 3.38. The normalized spacial score (nSPS) is 16.4. The highest BCUT2D eigenvalue weighted by molar-refractivity contribution is 6.30. The molecule has 8 nitrogen and oxygen atoms in total. The molecule has 3 amide bonds. The molecule has 202 valence electrons. The van der Waals surface area contributed by atoms with E-state index < -0.39 is 12.1 Å². The highest BCUT2D eigenvalue weighted by atomic mass is 35.5. The second-order valence-electron chi connectivity index (χ2n) is 10.1. The number of nitrogens with zero attached hydrogens (tertiary/aromatic N) is 2. The Morgan fingerprint density at radius 1 is 1.18 bits per heavy atom. The summed E-state index contributed by atoms with van der Waals surface area (Å²) in [5.74, 6) is -0.180. The molecular weight excluding hydrogens is 512 g/mol. The van der Waals surface area contributed by atoms with Crippen molar-refractivity contribution < 1.29 is 14.9 Å². The number of nitrogens with one attached hydrogen (secondary N) is 3. The number of H-pyrrole nitrogens is 1. The summed E-state index contributed by atoms with van der Waals surface area (Å²) in [5.41, 5.74) is 4.60. The summed E-state index contributed by atoms with van der Waals surface area (Å²) >= 11 is 6.33. The summed E-state index contributed by atoms with van der Waals surface area (Å²) in [4.78, 5) is 37.0. The maximum atomic E-state index is 14.4. The maximum Gasteiger partial charge on any atom is 0.315 e. The van der Waals surface area contributed by atoms with Gasteiger partial charge in [-0.25, -0.2) is 4.79 Å². The van der Waals surface area contributed by atoms with Crippen LogP contribution in [0.3, 0.4) is 0 Å². The smallest absolute Gasteiger partial charge is 0.315 e. The minimum atomic E-state index is -0.805. The van der Waals surface area contributed by atoms with Gasteiger partial charge < -0.3 is 25.8 Å². The molecular formula is C30H34ClN6O2+. The molecule has 5 N–H and O–H groups in total. The first-order valence-corrected chi connectivity index (χ1v) is 13.7. The number of carbonyl (C=O) groups is 2. The van der Waals surface area contributed by atoms with E-state index in [2.05, 4.69) is 25.9 Å². The van der Waals surface area contributed by atoms with Gasteiger partial charge in [-0.15, -0.1) is 0 Å². The van der Waals surface area contributed by atoms with Crippen LogP contribution in [0.25, 0.3) is 10.9 Å². The zero-order chi connectivity index (χ0) is 27.4. The molecule has 3 atom stereocenters. The van der Waals surface area contributed by atoms with E-state index in [1.807, 2.05) is 85.7 Å². The van der Waals surface area contributed by atoms with Crippen LogP contribution < -0.4 is 20.9 Å². The van der Waals surface area contributed by atoms with Crippen molar-refractivity contribution in [1.29, 1.82) is 0 Å². The fraction of sp³-hybridized carbons (Fsp3) is 0.300. The molecule has 9 heteroatoms. The Bertz CT molecular complexity index is 1460. The highest BCUT2D eigenvalue weighted by Gasteiger charge is 2.37. The maximum absolute atomic E-state index is 14.4. The highest BCUT2D eigenvalue weighted by Crippen LogP contribution is 2.34. The van der Waals surface area contributed by atoms with E-state index >= 15 is 0 Å². The van der Waals surface area contributed by atoms with E-state index in [-0.39, 0.29) is 24.3 Å². The lowest BCUT2D eigenvalue weighted by molar-refractivity contribution is -0.632. The second kappa shape index (κ2) is 11.9. The Labute approximate surface area is 233 Å². The molecule has 3 heterocycles. The number of aromatic amines is 1. The number of urea groups is 1. The number of nitrogens with two attached hydrogens (primary N) is 1. The van der Waals surface area contributed by atoms with Gasteiger partial charge in [-0.05, 0) is 53.9 Å². The number of aromatic nitrogens is 2. The minimum absolute atomic E-state index is 0.148. The fourth-order valence-corrected chi connectivity index (χ4v) is 5.69. The van der Waals surface area contributed by atoms with Gasteiger partial charge in [-0.2, -0.15) is 0 Å². The third-order valence-electron chi connectivity index (χ3n) is 7.44. The number of para-hydroxylation sites is 1. The van der Waals surface area contributed by atoms with Crippen LogP contribution in [0.5, 0.6) is 0 Å². The van der Waals surface area contributed by atoms with E-state index in [1.54, 1.807) is 6.20 Å². The van der Waals surface area contributed by atoms with Gasteiger partial charge in [0.05, 0.1) is 25.8 Å². The average molecular weight is 546 g/mol. The Morgan fingerprint density at radius 2 is 2.00 bits per heavy atom. The van der Waals surface area contributed by atoms with Crippen LogP contribution in [-0.4, -0.2) is 48.1 Å². The molecule has 0 fully saturated rings. The molecule has 0 saturated carbocycles. The molecule has 0 radical (unpaired) electrons. The van der Waals surface area contributed by atoms with E-state index in [1.165, 1.54) is 0 Å². The summed E-state index contributed by atoms with van der Waals surface area (Å²) in [6, 6.07) is 18.0. The fourth-order valence-electron chi connectivity index (χ4n) is 5.50. The number of hydrogen-bond acceptors (Lipinski definition) is 3. The van der Waals surface area contributed by atoms with Crippen molar-refractivity contribution in [3.8, 4) is 0 Å². The van der Waals surface area contributed by atoms with Crippen molar-refractivity contribution in [2.24, 2.45) is 5.92 Å². The SMILES string of the molecule is C[NH2+]C[C@H]1Cc2cc(Cl)ccc2N(C(=O)C(NC(=O)NCc2ccccn2)C(C)c2c[nH]c3ccccc23)C1. The molecule has 0 spiro atoms. The van der Waals surface area contributed by atoms with Crippen LogP contribution in [0.1, 0.15) is 29.7 Å². The minimum Gasteiger partial charge on any atom is -0.361 e. The van der Waals surface area contributed by atoms with E-state index in [0.29, 0.717) is 11.6 Å². The molecule has 0 aliphatic carbocycles. The number of benzene rings is 2. The van der Waals surface area contributed by atoms with E-state index in [0.717, 1.165) is 46.4 Å². The molecule has 5 rings (SSSR count). The van der Waals surface area contributed by atoms with Crippen LogP contribution in [0.15, 0.2) is 73.1 Å². The molecule has 2 aromatic carbocycles. The van der Waals surface area contributed by atoms with Gasteiger partial charge >= 0.3 is 6.03 Å². The van der Waals surface area contributed by atoms with Crippen molar-refractivity contribution in [1.82, 2.24) is 20.6 Å². The Balaban J connectivity index is 1.46. The number of pyridine rings is 1. The lowest BCUT2D eigenvalue weighted by atomic mass is 9.88.